The molecule has 5 nitrogen and oxygen atoms in total. The lowest BCUT2D eigenvalue weighted by Crippen LogP contribution is -2.24. The van der Waals surface area contributed by atoms with Crippen molar-refractivity contribution in [3.63, 3.8) is 0 Å². The van der Waals surface area contributed by atoms with E-state index in [2.05, 4.69) is 10.6 Å². The van der Waals surface area contributed by atoms with Crippen LogP contribution in [-0.2, 0) is 4.79 Å². The number of thioether (sulfide) groups is 1. The Hall–Kier alpha value is -2.67. The summed E-state index contributed by atoms with van der Waals surface area (Å²) in [6.07, 6.45) is 0.636. The number of rotatable bonds is 8. The Labute approximate surface area is 201 Å². The third-order valence-corrected chi connectivity index (χ3v) is 6.45. The number of nitrogens with one attached hydrogen (secondary N) is 2. The summed E-state index contributed by atoms with van der Waals surface area (Å²) in [5, 5.41) is 6.20. The number of benzene rings is 3. The van der Waals surface area contributed by atoms with Crippen LogP contribution in [0.5, 0.6) is 5.75 Å². The van der Waals surface area contributed by atoms with Crippen LogP contribution in [0.3, 0.4) is 0 Å². The van der Waals surface area contributed by atoms with Crippen LogP contribution in [0.15, 0.2) is 71.6 Å². The van der Waals surface area contributed by atoms with E-state index in [4.69, 9.17) is 27.9 Å². The lowest BCUT2D eigenvalue weighted by molar-refractivity contribution is -0.115. The monoisotopic (exact) mass is 488 g/mol. The van der Waals surface area contributed by atoms with Crippen LogP contribution in [0, 0.1) is 0 Å². The highest BCUT2D eigenvalue weighted by Crippen LogP contribution is 2.29. The van der Waals surface area contributed by atoms with E-state index in [0.29, 0.717) is 34.1 Å². The van der Waals surface area contributed by atoms with Crippen molar-refractivity contribution in [3.8, 4) is 5.75 Å². The van der Waals surface area contributed by atoms with Gasteiger partial charge in [0.1, 0.15) is 5.75 Å². The van der Waals surface area contributed by atoms with Gasteiger partial charge in [0, 0.05) is 27.4 Å². The zero-order chi connectivity index (χ0) is 23.1. The molecule has 0 saturated carbocycles. The molecule has 0 aliphatic heterocycles. The van der Waals surface area contributed by atoms with Gasteiger partial charge in [-0.3, -0.25) is 9.59 Å². The third-order valence-electron chi connectivity index (χ3n) is 4.55. The summed E-state index contributed by atoms with van der Waals surface area (Å²) < 4.78 is 5.20. The van der Waals surface area contributed by atoms with Crippen molar-refractivity contribution in [1.29, 1.82) is 0 Å². The highest BCUT2D eigenvalue weighted by molar-refractivity contribution is 8.00. The first kappa shape index (κ1) is 24.0. The van der Waals surface area contributed by atoms with E-state index >= 15 is 0 Å². The van der Waals surface area contributed by atoms with Gasteiger partial charge in [0.25, 0.3) is 5.91 Å². The molecule has 0 saturated heterocycles. The predicted octanol–water partition coefficient (Wildman–Crippen LogP) is 6.76. The van der Waals surface area contributed by atoms with E-state index in [1.807, 2.05) is 43.3 Å². The third kappa shape index (κ3) is 6.42. The smallest absolute Gasteiger partial charge is 0.257 e. The molecule has 2 amide bonds. The molecule has 166 valence electrons. The minimum atomic E-state index is -0.336. The van der Waals surface area contributed by atoms with Crippen molar-refractivity contribution in [1.82, 2.24) is 0 Å². The fourth-order valence-corrected chi connectivity index (χ4v) is 4.44. The lowest BCUT2D eigenvalue weighted by atomic mass is 10.2. The predicted molar refractivity (Wildman–Crippen MR) is 132 cm³/mol. The Kier molecular flexibility index (Phi) is 8.45. The van der Waals surface area contributed by atoms with Gasteiger partial charge in [-0.2, -0.15) is 0 Å². The van der Waals surface area contributed by atoms with Crippen molar-refractivity contribution in [2.24, 2.45) is 0 Å². The number of halogens is 2. The number of hydrogen-bond donors (Lipinski definition) is 2. The second kappa shape index (κ2) is 11.3. The van der Waals surface area contributed by atoms with Gasteiger partial charge in [0.05, 0.1) is 22.9 Å². The molecule has 3 aromatic carbocycles. The van der Waals surface area contributed by atoms with Gasteiger partial charge in [0.2, 0.25) is 5.91 Å². The van der Waals surface area contributed by atoms with Gasteiger partial charge in [-0.1, -0.05) is 42.3 Å². The first-order valence-corrected chi connectivity index (χ1v) is 11.5. The maximum Gasteiger partial charge on any atom is 0.257 e. The molecule has 3 aromatic rings. The minimum absolute atomic E-state index is 0.104. The number of carbonyl (C=O) groups is 2. The van der Waals surface area contributed by atoms with Gasteiger partial charge in [0.15, 0.2) is 0 Å². The number of hydrogen-bond acceptors (Lipinski definition) is 4. The largest absolute Gasteiger partial charge is 0.497 e. The van der Waals surface area contributed by atoms with Gasteiger partial charge in [-0.15, -0.1) is 11.8 Å². The van der Waals surface area contributed by atoms with Crippen LogP contribution in [0.2, 0.25) is 10.0 Å². The molecule has 0 aliphatic carbocycles. The van der Waals surface area contributed by atoms with E-state index in [0.717, 1.165) is 4.90 Å². The first-order chi connectivity index (χ1) is 15.4. The Morgan fingerprint density at radius 1 is 0.969 bits per heavy atom. The average molecular weight is 489 g/mol. The molecule has 0 aromatic heterocycles. The van der Waals surface area contributed by atoms with E-state index < -0.39 is 0 Å². The van der Waals surface area contributed by atoms with Crippen LogP contribution in [0.4, 0.5) is 11.4 Å². The highest BCUT2D eigenvalue weighted by Gasteiger charge is 2.19. The number of methoxy groups -OCH3 is 1. The SMILES string of the molecule is CCC(Sc1cccc(NC(=O)c2ccc(Cl)cc2Cl)c1)C(=O)Nc1cccc(OC)c1. The van der Waals surface area contributed by atoms with Crippen molar-refractivity contribution < 1.29 is 14.3 Å². The summed E-state index contributed by atoms with van der Waals surface area (Å²) in [5.74, 6) is 0.234. The molecule has 0 fully saturated rings. The topological polar surface area (TPSA) is 67.4 Å². The second-order valence-electron chi connectivity index (χ2n) is 6.84. The molecule has 1 unspecified atom stereocenters. The standard InChI is InChI=1S/C24H22Cl2N2O3S/c1-3-22(24(30)28-16-6-4-8-18(13-16)31-2)32-19-9-5-7-17(14-19)27-23(29)20-11-10-15(25)12-21(20)26/h4-14,22H,3H2,1-2H3,(H,27,29)(H,28,30). The normalized spacial score (nSPS) is 11.5. The van der Waals surface area contributed by atoms with Crippen LogP contribution >= 0.6 is 35.0 Å². The van der Waals surface area contributed by atoms with Crippen molar-refractivity contribution in [2.75, 3.05) is 17.7 Å². The van der Waals surface area contributed by atoms with Gasteiger partial charge in [-0.05, 0) is 55.0 Å². The number of ether oxygens (including phenoxy) is 1. The molecule has 0 spiro atoms. The minimum Gasteiger partial charge on any atom is -0.497 e. The maximum atomic E-state index is 12.8. The molecule has 0 heterocycles. The molecule has 0 aliphatic rings. The Balaban J connectivity index is 1.68. The van der Waals surface area contributed by atoms with Crippen molar-refractivity contribution in [2.45, 2.75) is 23.5 Å². The van der Waals surface area contributed by atoms with Gasteiger partial charge < -0.3 is 15.4 Å². The summed E-state index contributed by atoms with van der Waals surface area (Å²) in [6.45, 7) is 1.96. The Morgan fingerprint density at radius 3 is 2.38 bits per heavy atom. The molecule has 2 N–H and O–H groups in total. The quantitative estimate of drug-likeness (QED) is 0.343. The zero-order valence-electron chi connectivity index (χ0n) is 17.5. The van der Waals surface area contributed by atoms with Crippen LogP contribution in [0.1, 0.15) is 23.7 Å². The summed E-state index contributed by atoms with van der Waals surface area (Å²) >= 11 is 13.5. The molecular formula is C24H22Cl2N2O3S. The highest BCUT2D eigenvalue weighted by atomic mass is 35.5. The van der Waals surface area contributed by atoms with E-state index in [9.17, 15) is 9.59 Å². The summed E-state index contributed by atoms with van der Waals surface area (Å²) in [5.41, 5.74) is 1.61. The molecule has 0 radical (unpaired) electrons. The van der Waals surface area contributed by atoms with E-state index in [-0.39, 0.29) is 22.1 Å². The van der Waals surface area contributed by atoms with Crippen molar-refractivity contribution >= 4 is 58.2 Å². The van der Waals surface area contributed by atoms with Gasteiger partial charge >= 0.3 is 0 Å². The molecule has 32 heavy (non-hydrogen) atoms. The molecule has 0 bridgehead atoms. The number of amides is 2. The first-order valence-electron chi connectivity index (χ1n) is 9.87. The lowest BCUT2D eigenvalue weighted by Gasteiger charge is -2.16. The number of anilines is 2. The van der Waals surface area contributed by atoms with Crippen LogP contribution in [0.25, 0.3) is 0 Å². The Bertz CT molecular complexity index is 1120. The zero-order valence-corrected chi connectivity index (χ0v) is 19.9. The summed E-state index contributed by atoms with van der Waals surface area (Å²) in [7, 11) is 1.58. The van der Waals surface area contributed by atoms with E-state index in [1.165, 1.54) is 17.8 Å². The molecular weight excluding hydrogens is 467 g/mol. The Morgan fingerprint density at radius 2 is 1.69 bits per heavy atom. The molecule has 8 heteroatoms. The van der Waals surface area contributed by atoms with E-state index in [1.54, 1.807) is 31.4 Å². The number of carbonyl (C=O) groups excluding carboxylic acids is 2. The molecule has 1 atom stereocenters. The summed E-state index contributed by atoms with van der Waals surface area (Å²) in [4.78, 5) is 26.2. The summed E-state index contributed by atoms with van der Waals surface area (Å²) in [6, 6.07) is 19.3. The average Bonchev–Trinajstić information content (AvgIpc) is 2.77. The molecule has 3 rings (SSSR count). The fourth-order valence-electron chi connectivity index (χ4n) is 2.93. The van der Waals surface area contributed by atoms with Gasteiger partial charge in [-0.25, -0.2) is 0 Å². The van der Waals surface area contributed by atoms with Crippen LogP contribution < -0.4 is 15.4 Å². The fraction of sp³-hybridized carbons (Fsp3) is 0.167. The van der Waals surface area contributed by atoms with Crippen LogP contribution in [-0.4, -0.2) is 24.2 Å². The maximum absolute atomic E-state index is 12.8. The van der Waals surface area contributed by atoms with Crippen molar-refractivity contribution in [3.05, 3.63) is 82.3 Å². The second-order valence-corrected chi connectivity index (χ2v) is 8.96.